The molecule has 0 bridgehead atoms. The molecule has 2 rings (SSSR count). The first kappa shape index (κ1) is 15.9. The van der Waals surface area contributed by atoms with Crippen LogP contribution in [0.25, 0.3) is 0 Å². The number of hydrogen-bond acceptors (Lipinski definition) is 4. The summed E-state index contributed by atoms with van der Waals surface area (Å²) in [6, 6.07) is 5.92. The molecular formula is C14H20N2O4S. The Morgan fingerprint density at radius 1 is 1.33 bits per heavy atom. The molecule has 2 N–H and O–H groups in total. The fourth-order valence-electron chi connectivity index (χ4n) is 2.42. The van der Waals surface area contributed by atoms with Crippen molar-refractivity contribution in [1.29, 1.82) is 0 Å². The van der Waals surface area contributed by atoms with Gasteiger partial charge in [-0.3, -0.25) is 4.79 Å². The number of amides is 1. The molecule has 1 aliphatic rings. The Morgan fingerprint density at radius 2 is 1.90 bits per heavy atom. The molecule has 7 heteroatoms. The van der Waals surface area contributed by atoms with Crippen LogP contribution < -0.4 is 10.0 Å². The standard InChI is InChI=1S/C14H20N2O4S/c1-16(13(17)10-14(20-2)8-3-9-14)11-4-6-12(7-5-11)21(15,18)19/h4-7H,3,8-10H2,1-2H3,(H2,15,18,19). The molecule has 0 aromatic heterocycles. The number of nitrogens with zero attached hydrogens (tertiary/aromatic N) is 1. The molecule has 1 aliphatic carbocycles. The Hall–Kier alpha value is -1.44. The molecule has 1 aromatic carbocycles. The highest BCUT2D eigenvalue weighted by Gasteiger charge is 2.39. The summed E-state index contributed by atoms with van der Waals surface area (Å²) in [7, 11) is -0.421. The molecule has 0 atom stereocenters. The number of carbonyl (C=O) groups is 1. The van der Waals surface area contributed by atoms with Crippen LogP contribution in [0.2, 0.25) is 0 Å². The van der Waals surface area contributed by atoms with E-state index in [1.807, 2.05) is 0 Å². The van der Waals surface area contributed by atoms with E-state index in [9.17, 15) is 13.2 Å². The van der Waals surface area contributed by atoms with Crippen LogP contribution in [0.1, 0.15) is 25.7 Å². The van der Waals surface area contributed by atoms with Crippen molar-refractivity contribution in [2.75, 3.05) is 19.1 Å². The number of anilines is 1. The van der Waals surface area contributed by atoms with Gasteiger partial charge in [-0.05, 0) is 43.5 Å². The minimum absolute atomic E-state index is 0.0273. The van der Waals surface area contributed by atoms with Gasteiger partial charge in [0.15, 0.2) is 0 Å². The van der Waals surface area contributed by atoms with Crippen LogP contribution in [-0.2, 0) is 19.6 Å². The molecular weight excluding hydrogens is 292 g/mol. The number of methoxy groups -OCH3 is 1. The van der Waals surface area contributed by atoms with E-state index < -0.39 is 10.0 Å². The summed E-state index contributed by atoms with van der Waals surface area (Å²) >= 11 is 0. The molecule has 116 valence electrons. The summed E-state index contributed by atoms with van der Waals surface area (Å²) in [5.41, 5.74) is 0.296. The van der Waals surface area contributed by atoms with E-state index in [-0.39, 0.29) is 16.4 Å². The molecule has 1 amide bonds. The minimum Gasteiger partial charge on any atom is -0.378 e. The lowest BCUT2D eigenvalue weighted by Crippen LogP contribution is -2.44. The van der Waals surface area contributed by atoms with Crippen LogP contribution in [0.4, 0.5) is 5.69 Å². The van der Waals surface area contributed by atoms with E-state index in [0.717, 1.165) is 19.3 Å². The average molecular weight is 312 g/mol. The summed E-state index contributed by atoms with van der Waals surface area (Å²) in [6.07, 6.45) is 3.20. The molecule has 0 aliphatic heterocycles. The number of ether oxygens (including phenoxy) is 1. The van der Waals surface area contributed by atoms with E-state index >= 15 is 0 Å². The zero-order valence-electron chi connectivity index (χ0n) is 12.2. The predicted octanol–water partition coefficient (Wildman–Crippen LogP) is 1.26. The number of rotatable bonds is 5. The Labute approximate surface area is 124 Å². The van der Waals surface area contributed by atoms with Gasteiger partial charge in [0.05, 0.1) is 16.9 Å². The van der Waals surface area contributed by atoms with Gasteiger partial charge >= 0.3 is 0 Å². The number of sulfonamides is 1. The second kappa shape index (κ2) is 5.75. The molecule has 1 aromatic rings. The van der Waals surface area contributed by atoms with E-state index in [1.165, 1.54) is 17.0 Å². The third kappa shape index (κ3) is 3.42. The molecule has 21 heavy (non-hydrogen) atoms. The first-order valence-electron chi connectivity index (χ1n) is 6.72. The largest absolute Gasteiger partial charge is 0.378 e. The molecule has 0 saturated heterocycles. The second-order valence-corrected chi connectivity index (χ2v) is 6.97. The Morgan fingerprint density at radius 3 is 2.29 bits per heavy atom. The topological polar surface area (TPSA) is 89.7 Å². The minimum atomic E-state index is -3.72. The van der Waals surface area contributed by atoms with Crippen molar-refractivity contribution in [3.63, 3.8) is 0 Å². The molecule has 6 nitrogen and oxygen atoms in total. The number of carbonyl (C=O) groups excluding carboxylic acids is 1. The average Bonchev–Trinajstić information content (AvgIpc) is 2.41. The van der Waals surface area contributed by atoms with E-state index in [4.69, 9.17) is 9.88 Å². The van der Waals surface area contributed by atoms with Crippen molar-refractivity contribution in [3.05, 3.63) is 24.3 Å². The molecule has 1 saturated carbocycles. The fraction of sp³-hybridized carbons (Fsp3) is 0.500. The highest BCUT2D eigenvalue weighted by atomic mass is 32.2. The maximum atomic E-state index is 12.3. The molecule has 0 radical (unpaired) electrons. The van der Waals surface area contributed by atoms with Crippen LogP contribution in [0.3, 0.4) is 0 Å². The third-order valence-corrected chi connectivity index (χ3v) is 5.03. The van der Waals surface area contributed by atoms with Gasteiger partial charge in [0.2, 0.25) is 15.9 Å². The van der Waals surface area contributed by atoms with Crippen LogP contribution in [0.15, 0.2) is 29.2 Å². The van der Waals surface area contributed by atoms with E-state index in [0.29, 0.717) is 12.1 Å². The molecule has 0 spiro atoms. The maximum Gasteiger partial charge on any atom is 0.238 e. The highest BCUT2D eigenvalue weighted by molar-refractivity contribution is 7.89. The van der Waals surface area contributed by atoms with Crippen molar-refractivity contribution < 1.29 is 17.9 Å². The highest BCUT2D eigenvalue weighted by Crippen LogP contribution is 2.38. The summed E-state index contributed by atoms with van der Waals surface area (Å²) in [5.74, 6) is -0.0556. The van der Waals surface area contributed by atoms with Crippen LogP contribution >= 0.6 is 0 Å². The number of primary sulfonamides is 1. The van der Waals surface area contributed by atoms with Gasteiger partial charge in [0.25, 0.3) is 0 Å². The van der Waals surface area contributed by atoms with Gasteiger partial charge in [-0.2, -0.15) is 0 Å². The monoisotopic (exact) mass is 312 g/mol. The van der Waals surface area contributed by atoms with Gasteiger partial charge < -0.3 is 9.64 Å². The molecule has 1 fully saturated rings. The van der Waals surface area contributed by atoms with Crippen LogP contribution in [0.5, 0.6) is 0 Å². The Bertz CT molecular complexity index is 615. The number of hydrogen-bond donors (Lipinski definition) is 1. The zero-order valence-corrected chi connectivity index (χ0v) is 13.0. The summed E-state index contributed by atoms with van der Waals surface area (Å²) < 4.78 is 27.9. The lowest BCUT2D eigenvalue weighted by atomic mass is 9.77. The first-order valence-corrected chi connectivity index (χ1v) is 8.27. The van der Waals surface area contributed by atoms with Gasteiger partial charge in [0.1, 0.15) is 0 Å². The fourth-order valence-corrected chi connectivity index (χ4v) is 2.94. The summed E-state index contributed by atoms with van der Waals surface area (Å²) in [5, 5.41) is 5.04. The first-order chi connectivity index (χ1) is 9.77. The summed E-state index contributed by atoms with van der Waals surface area (Å²) in [4.78, 5) is 13.8. The van der Waals surface area contributed by atoms with Crippen LogP contribution in [-0.4, -0.2) is 34.1 Å². The molecule has 0 unspecified atom stereocenters. The third-order valence-electron chi connectivity index (χ3n) is 4.10. The van der Waals surface area contributed by atoms with E-state index in [1.54, 1.807) is 26.3 Å². The lowest BCUT2D eigenvalue weighted by Gasteiger charge is -2.40. The Kier molecular flexibility index (Phi) is 4.36. The van der Waals surface area contributed by atoms with Gasteiger partial charge in [-0.25, -0.2) is 13.6 Å². The zero-order chi connectivity index (χ0) is 15.7. The van der Waals surface area contributed by atoms with Crippen LogP contribution in [0, 0.1) is 0 Å². The van der Waals surface area contributed by atoms with E-state index in [2.05, 4.69) is 0 Å². The van der Waals surface area contributed by atoms with Crippen molar-refractivity contribution in [3.8, 4) is 0 Å². The SMILES string of the molecule is COC1(CC(=O)N(C)c2ccc(S(N)(=O)=O)cc2)CCC1. The number of benzene rings is 1. The quantitative estimate of drug-likeness (QED) is 0.886. The van der Waals surface area contributed by atoms with Crippen molar-refractivity contribution >= 4 is 21.6 Å². The van der Waals surface area contributed by atoms with Crippen molar-refractivity contribution in [2.24, 2.45) is 5.14 Å². The predicted molar refractivity (Wildman–Crippen MR) is 79.4 cm³/mol. The molecule has 0 heterocycles. The number of nitrogens with two attached hydrogens (primary N) is 1. The van der Waals surface area contributed by atoms with Gasteiger partial charge in [0, 0.05) is 19.8 Å². The summed E-state index contributed by atoms with van der Waals surface area (Å²) in [6.45, 7) is 0. The second-order valence-electron chi connectivity index (χ2n) is 5.41. The van der Waals surface area contributed by atoms with Gasteiger partial charge in [-0.1, -0.05) is 0 Å². The van der Waals surface area contributed by atoms with Crippen molar-refractivity contribution in [1.82, 2.24) is 0 Å². The van der Waals surface area contributed by atoms with Crippen molar-refractivity contribution in [2.45, 2.75) is 36.2 Å². The maximum absolute atomic E-state index is 12.3. The smallest absolute Gasteiger partial charge is 0.238 e. The normalized spacial score (nSPS) is 17.1. The lowest BCUT2D eigenvalue weighted by molar-refractivity contribution is -0.131. The van der Waals surface area contributed by atoms with Gasteiger partial charge in [-0.15, -0.1) is 0 Å². The Balaban J connectivity index is 2.09.